The topological polar surface area (TPSA) is 70.5 Å². The molecule has 0 aliphatic heterocycles. The third kappa shape index (κ3) is 4.34. The van der Waals surface area contributed by atoms with Crippen LogP contribution in [0.2, 0.25) is 0 Å². The first-order chi connectivity index (χ1) is 16.7. The Hall–Kier alpha value is -3.48. The molecule has 2 heterocycles. The predicted molar refractivity (Wildman–Crippen MR) is 133 cm³/mol. The molecule has 7 heteroatoms. The average molecular weight is 457 g/mol. The van der Waals surface area contributed by atoms with Gasteiger partial charge in [-0.3, -0.25) is 9.13 Å². The Morgan fingerprint density at radius 3 is 2.50 bits per heavy atom. The second-order valence-corrected chi connectivity index (χ2v) is 9.40. The van der Waals surface area contributed by atoms with Gasteiger partial charge in [-0.15, -0.1) is 5.10 Å². The van der Waals surface area contributed by atoms with Crippen LogP contribution in [0, 0.1) is 0 Å². The van der Waals surface area contributed by atoms with Crippen LogP contribution in [0.1, 0.15) is 75.6 Å². The molecule has 0 N–H and O–H groups in total. The highest BCUT2D eigenvalue weighted by atomic mass is 16.1. The Balaban J connectivity index is 1.45. The highest BCUT2D eigenvalue weighted by Gasteiger charge is 2.22. The molecular formula is C27H32N6O. The van der Waals surface area contributed by atoms with E-state index in [-0.39, 0.29) is 5.69 Å². The van der Waals surface area contributed by atoms with Crippen LogP contribution in [-0.4, -0.2) is 29.3 Å². The number of tetrazole rings is 1. The van der Waals surface area contributed by atoms with Gasteiger partial charge < -0.3 is 0 Å². The van der Waals surface area contributed by atoms with Crippen molar-refractivity contribution < 1.29 is 0 Å². The normalized spacial score (nSPS) is 15.5. The number of imidazole rings is 1. The summed E-state index contributed by atoms with van der Waals surface area (Å²) in [5, 5.41) is 11.6. The summed E-state index contributed by atoms with van der Waals surface area (Å²) in [5.41, 5.74) is 5.48. The molecule has 0 amide bonds. The fourth-order valence-corrected chi connectivity index (χ4v) is 5.06. The average Bonchev–Trinajstić information content (AvgIpc) is 3.54. The fourth-order valence-electron chi connectivity index (χ4n) is 5.06. The van der Waals surface area contributed by atoms with Gasteiger partial charge in [-0.1, -0.05) is 75.6 Å². The van der Waals surface area contributed by atoms with Crippen LogP contribution in [0.5, 0.6) is 0 Å². The highest BCUT2D eigenvalue weighted by Crippen LogP contribution is 2.30. The predicted octanol–water partition coefficient (Wildman–Crippen LogP) is 5.36. The van der Waals surface area contributed by atoms with Gasteiger partial charge in [0.05, 0.1) is 12.2 Å². The molecule has 0 spiro atoms. The van der Waals surface area contributed by atoms with Crippen molar-refractivity contribution in [1.29, 1.82) is 0 Å². The number of nitrogens with zero attached hydrogens (tertiary/aromatic N) is 6. The van der Waals surface area contributed by atoms with Gasteiger partial charge in [0.2, 0.25) is 0 Å². The van der Waals surface area contributed by atoms with Crippen molar-refractivity contribution in [2.75, 3.05) is 0 Å². The van der Waals surface area contributed by atoms with E-state index in [9.17, 15) is 4.79 Å². The Bertz CT molecular complexity index is 1280. The van der Waals surface area contributed by atoms with Crippen molar-refractivity contribution in [2.24, 2.45) is 0 Å². The summed E-state index contributed by atoms with van der Waals surface area (Å²) in [6.45, 7) is 5.00. The van der Waals surface area contributed by atoms with Gasteiger partial charge >= 0.3 is 5.69 Å². The van der Waals surface area contributed by atoms with E-state index in [2.05, 4.69) is 65.9 Å². The molecule has 34 heavy (non-hydrogen) atoms. The lowest BCUT2D eigenvalue weighted by molar-refractivity contribution is 0.344. The standard InChI is InChI=1S/C27H32N6O/c1-3-20(2)26-18-31(23-9-5-4-6-10-23)27(34)32(26)17-21-13-15-22(16-14-21)24-11-7-8-12-25(24)33-19-28-29-30-33/h7-8,11-16,18-20,23H,3-6,9-10,17H2,1-2H3. The smallest absolute Gasteiger partial charge is 0.296 e. The summed E-state index contributed by atoms with van der Waals surface area (Å²) in [5.74, 6) is 0.347. The summed E-state index contributed by atoms with van der Waals surface area (Å²) < 4.78 is 5.69. The number of para-hydroxylation sites is 1. The van der Waals surface area contributed by atoms with E-state index in [0.717, 1.165) is 47.3 Å². The molecule has 176 valence electrons. The van der Waals surface area contributed by atoms with E-state index in [1.807, 2.05) is 27.3 Å². The maximum Gasteiger partial charge on any atom is 0.328 e. The second kappa shape index (κ2) is 9.79. The minimum Gasteiger partial charge on any atom is -0.296 e. The summed E-state index contributed by atoms with van der Waals surface area (Å²) in [4.78, 5) is 13.5. The molecule has 0 saturated heterocycles. The van der Waals surface area contributed by atoms with Crippen molar-refractivity contribution >= 4 is 0 Å². The van der Waals surface area contributed by atoms with E-state index in [1.54, 1.807) is 11.0 Å². The van der Waals surface area contributed by atoms with Gasteiger partial charge in [0, 0.05) is 23.5 Å². The molecule has 1 aliphatic rings. The van der Waals surface area contributed by atoms with Crippen molar-refractivity contribution in [2.45, 2.75) is 70.9 Å². The Labute approximate surface area is 200 Å². The second-order valence-electron chi connectivity index (χ2n) is 9.40. The number of benzene rings is 2. The van der Waals surface area contributed by atoms with Gasteiger partial charge in [-0.05, 0) is 52.8 Å². The maximum atomic E-state index is 13.5. The molecular weight excluding hydrogens is 424 g/mol. The summed E-state index contributed by atoms with van der Waals surface area (Å²) in [7, 11) is 0. The molecule has 0 bridgehead atoms. The summed E-state index contributed by atoms with van der Waals surface area (Å²) in [6.07, 6.45) is 10.7. The first-order valence-electron chi connectivity index (χ1n) is 12.4. The minimum absolute atomic E-state index is 0.135. The van der Waals surface area contributed by atoms with Crippen LogP contribution >= 0.6 is 0 Å². The third-order valence-electron chi connectivity index (χ3n) is 7.23. The zero-order valence-corrected chi connectivity index (χ0v) is 20.0. The molecule has 1 aliphatic carbocycles. The number of rotatable bonds is 7. The molecule has 1 unspecified atom stereocenters. The largest absolute Gasteiger partial charge is 0.328 e. The van der Waals surface area contributed by atoms with Crippen LogP contribution in [0.3, 0.4) is 0 Å². The van der Waals surface area contributed by atoms with Crippen LogP contribution in [0.25, 0.3) is 16.8 Å². The molecule has 1 atom stereocenters. The molecule has 2 aromatic heterocycles. The van der Waals surface area contributed by atoms with Crippen molar-refractivity contribution in [3.8, 4) is 16.8 Å². The number of hydrogen-bond acceptors (Lipinski definition) is 4. The molecule has 2 aromatic carbocycles. The zero-order chi connectivity index (χ0) is 23.5. The fraction of sp³-hybridized carbons (Fsp3) is 0.407. The van der Waals surface area contributed by atoms with Crippen molar-refractivity contribution in [3.05, 3.63) is 82.8 Å². The Morgan fingerprint density at radius 2 is 1.79 bits per heavy atom. The zero-order valence-electron chi connectivity index (χ0n) is 20.0. The lowest BCUT2D eigenvalue weighted by atomic mass is 9.95. The third-order valence-corrected chi connectivity index (χ3v) is 7.23. The molecule has 0 radical (unpaired) electrons. The van der Waals surface area contributed by atoms with Crippen LogP contribution in [0.15, 0.2) is 65.8 Å². The first kappa shape index (κ1) is 22.3. The highest BCUT2D eigenvalue weighted by molar-refractivity contribution is 5.72. The number of hydrogen-bond donors (Lipinski definition) is 0. The summed E-state index contributed by atoms with van der Waals surface area (Å²) in [6, 6.07) is 16.9. The van der Waals surface area contributed by atoms with Crippen molar-refractivity contribution in [3.63, 3.8) is 0 Å². The first-order valence-corrected chi connectivity index (χ1v) is 12.4. The van der Waals surface area contributed by atoms with Crippen LogP contribution < -0.4 is 5.69 Å². The van der Waals surface area contributed by atoms with Gasteiger partial charge in [0.15, 0.2) is 0 Å². The SMILES string of the molecule is CCC(C)c1cn(C2CCCCC2)c(=O)n1Cc1ccc(-c2ccccc2-n2cnnn2)cc1. The van der Waals surface area contributed by atoms with Gasteiger partial charge in [0.25, 0.3) is 0 Å². The quantitative estimate of drug-likeness (QED) is 0.375. The van der Waals surface area contributed by atoms with E-state index >= 15 is 0 Å². The van der Waals surface area contributed by atoms with E-state index in [1.165, 1.54) is 19.3 Å². The van der Waals surface area contributed by atoms with Crippen LogP contribution in [0.4, 0.5) is 0 Å². The van der Waals surface area contributed by atoms with Crippen LogP contribution in [-0.2, 0) is 6.54 Å². The Morgan fingerprint density at radius 1 is 1.03 bits per heavy atom. The molecule has 1 saturated carbocycles. The van der Waals surface area contributed by atoms with Gasteiger partial charge in [0.1, 0.15) is 6.33 Å². The monoisotopic (exact) mass is 456 g/mol. The van der Waals surface area contributed by atoms with Crippen molar-refractivity contribution in [1.82, 2.24) is 29.3 Å². The van der Waals surface area contributed by atoms with E-state index in [0.29, 0.717) is 18.5 Å². The minimum atomic E-state index is 0.135. The Kier molecular flexibility index (Phi) is 6.43. The molecule has 7 nitrogen and oxygen atoms in total. The van der Waals surface area contributed by atoms with Gasteiger partial charge in [-0.2, -0.15) is 4.68 Å². The summed E-state index contributed by atoms with van der Waals surface area (Å²) >= 11 is 0. The lowest BCUT2D eigenvalue weighted by Crippen LogP contribution is -2.29. The molecule has 5 rings (SSSR count). The maximum absolute atomic E-state index is 13.5. The van der Waals surface area contributed by atoms with Gasteiger partial charge in [-0.25, -0.2) is 4.79 Å². The van der Waals surface area contributed by atoms with E-state index in [4.69, 9.17) is 0 Å². The van der Waals surface area contributed by atoms with E-state index < -0.39 is 0 Å². The number of aromatic nitrogens is 6. The molecule has 4 aromatic rings. The molecule has 1 fully saturated rings. The lowest BCUT2D eigenvalue weighted by Gasteiger charge is -2.22.